The molecule has 0 aromatic carbocycles. The fourth-order valence-corrected chi connectivity index (χ4v) is 7.96. The molecule has 3 fully saturated rings. The molecular formula is C25H33FO6. The number of esters is 1. The lowest BCUT2D eigenvalue weighted by Gasteiger charge is -2.60. The fourth-order valence-electron chi connectivity index (χ4n) is 7.96. The number of carbonyl (C=O) groups excluding carboxylic acids is 3. The Hall–Kier alpha value is -1.86. The van der Waals surface area contributed by atoms with Crippen molar-refractivity contribution < 1.29 is 33.7 Å². The highest BCUT2D eigenvalue weighted by Crippen LogP contribution is 2.69. The molecule has 32 heavy (non-hydrogen) atoms. The predicted molar refractivity (Wildman–Crippen MR) is 114 cm³/mol. The molecule has 0 aromatic heterocycles. The van der Waals surface area contributed by atoms with E-state index in [0.717, 1.165) is 0 Å². The molecule has 0 amide bonds. The lowest BCUT2D eigenvalue weighted by Crippen LogP contribution is -2.64. The van der Waals surface area contributed by atoms with E-state index in [1.54, 1.807) is 13.0 Å². The van der Waals surface area contributed by atoms with Crippen LogP contribution in [0.4, 0.5) is 4.39 Å². The lowest BCUT2D eigenvalue weighted by atomic mass is 9.46. The third kappa shape index (κ3) is 2.79. The third-order valence-electron chi connectivity index (χ3n) is 9.25. The minimum absolute atomic E-state index is 0.0423. The Bertz CT molecular complexity index is 923. The van der Waals surface area contributed by atoms with E-state index < -0.39 is 52.5 Å². The van der Waals surface area contributed by atoms with Gasteiger partial charge in [0.1, 0.15) is 6.61 Å². The van der Waals surface area contributed by atoms with Gasteiger partial charge in [0.15, 0.2) is 11.4 Å². The quantitative estimate of drug-likeness (QED) is 0.641. The van der Waals surface area contributed by atoms with E-state index in [2.05, 4.69) is 0 Å². The first-order valence-electron chi connectivity index (χ1n) is 11.6. The highest BCUT2D eigenvalue weighted by Gasteiger charge is 2.72. The Labute approximate surface area is 187 Å². The van der Waals surface area contributed by atoms with E-state index in [9.17, 15) is 29.0 Å². The molecule has 3 saturated carbocycles. The lowest BCUT2D eigenvalue weighted by molar-refractivity contribution is -0.205. The van der Waals surface area contributed by atoms with Gasteiger partial charge in [-0.2, -0.15) is 0 Å². The van der Waals surface area contributed by atoms with Crippen LogP contribution in [-0.2, 0) is 19.1 Å². The zero-order valence-electron chi connectivity index (χ0n) is 19.2. The number of carbonyl (C=O) groups is 3. The number of ether oxygens (including phenoxy) is 1. The molecule has 4 aliphatic rings. The molecule has 6 nitrogen and oxygen atoms in total. The van der Waals surface area contributed by atoms with E-state index in [4.69, 9.17) is 4.74 Å². The van der Waals surface area contributed by atoms with Gasteiger partial charge in [-0.1, -0.05) is 33.8 Å². The highest BCUT2D eigenvalue weighted by molar-refractivity contribution is 6.04. The van der Waals surface area contributed by atoms with Crippen LogP contribution in [0.5, 0.6) is 0 Å². The summed E-state index contributed by atoms with van der Waals surface area (Å²) in [5, 5.41) is 21.3. The molecule has 0 aliphatic heterocycles. The molecule has 0 radical (unpaired) electrons. The number of rotatable bonds is 4. The molecule has 0 spiro atoms. The van der Waals surface area contributed by atoms with Crippen molar-refractivity contribution in [1.29, 1.82) is 0 Å². The summed E-state index contributed by atoms with van der Waals surface area (Å²) in [6.07, 6.45) is 4.00. The van der Waals surface area contributed by atoms with Crippen molar-refractivity contribution in [1.82, 2.24) is 0 Å². The number of ketones is 2. The Balaban J connectivity index is 1.81. The SMILES string of the molecule is CCC(=O)O[C@@]1(C(=O)CO)[C@@H](C)C[C@H]2[C@@H]3CCC4=C(F)C(=O)C=C[C@]4(C)[C@H]3[C@@H](O)C[C@@]21C. The van der Waals surface area contributed by atoms with Crippen LogP contribution in [0.15, 0.2) is 23.6 Å². The van der Waals surface area contributed by atoms with Gasteiger partial charge in [0.25, 0.3) is 0 Å². The number of allylic oxidation sites excluding steroid dienone is 4. The molecule has 0 unspecified atom stereocenters. The van der Waals surface area contributed by atoms with Gasteiger partial charge in [0, 0.05) is 29.1 Å². The summed E-state index contributed by atoms with van der Waals surface area (Å²) in [4.78, 5) is 37.5. The zero-order valence-corrected chi connectivity index (χ0v) is 19.2. The second-order valence-corrected chi connectivity index (χ2v) is 10.6. The van der Waals surface area contributed by atoms with E-state index in [-0.39, 0.29) is 36.5 Å². The topological polar surface area (TPSA) is 101 Å². The predicted octanol–water partition coefficient (Wildman–Crippen LogP) is 3.06. The normalized spacial score (nSPS) is 45.2. The van der Waals surface area contributed by atoms with E-state index in [1.807, 2.05) is 20.8 Å². The molecule has 4 rings (SSSR count). The second-order valence-electron chi connectivity index (χ2n) is 10.6. The van der Waals surface area contributed by atoms with Crippen LogP contribution >= 0.6 is 0 Å². The van der Waals surface area contributed by atoms with Crippen molar-refractivity contribution >= 4 is 17.5 Å². The molecule has 4 aliphatic carbocycles. The Morgan fingerprint density at radius 3 is 2.62 bits per heavy atom. The van der Waals surface area contributed by atoms with E-state index >= 15 is 0 Å². The molecular weight excluding hydrogens is 415 g/mol. The first-order chi connectivity index (χ1) is 15.0. The van der Waals surface area contributed by atoms with Crippen molar-refractivity contribution in [3.63, 3.8) is 0 Å². The van der Waals surface area contributed by atoms with Crippen LogP contribution in [0.1, 0.15) is 59.8 Å². The van der Waals surface area contributed by atoms with Crippen molar-refractivity contribution in [2.45, 2.75) is 71.5 Å². The molecule has 8 atom stereocenters. The van der Waals surface area contributed by atoms with Gasteiger partial charge in [-0.05, 0) is 49.2 Å². The molecule has 0 saturated heterocycles. The van der Waals surface area contributed by atoms with E-state index in [1.165, 1.54) is 6.08 Å². The van der Waals surface area contributed by atoms with Crippen LogP contribution < -0.4 is 0 Å². The number of fused-ring (bicyclic) bond motifs is 5. The summed E-state index contributed by atoms with van der Waals surface area (Å²) < 4.78 is 20.7. The minimum Gasteiger partial charge on any atom is -0.450 e. The summed E-state index contributed by atoms with van der Waals surface area (Å²) in [7, 11) is 0. The smallest absolute Gasteiger partial charge is 0.306 e. The standard InChI is InChI=1S/C25H33FO6/c1-5-20(31)32-25(19(30)12-27)13(2)10-16-14-6-7-15-22(26)17(28)8-9-23(15,3)21(14)18(29)11-24(16,25)4/h8-9,13-14,16,18,21,27,29H,5-7,10-12H2,1-4H3/t13-,14-,16-,18-,21+,23-,24-,25+/m0/s1. The summed E-state index contributed by atoms with van der Waals surface area (Å²) in [6, 6.07) is 0. The Morgan fingerprint density at radius 2 is 2.00 bits per heavy atom. The summed E-state index contributed by atoms with van der Waals surface area (Å²) in [5.74, 6) is -3.11. The van der Waals surface area contributed by atoms with Gasteiger partial charge in [0.05, 0.1) is 6.10 Å². The largest absolute Gasteiger partial charge is 0.450 e. The maximum Gasteiger partial charge on any atom is 0.306 e. The minimum atomic E-state index is -1.51. The molecule has 0 heterocycles. The van der Waals surface area contributed by atoms with Crippen LogP contribution in [0.25, 0.3) is 0 Å². The van der Waals surface area contributed by atoms with Crippen LogP contribution in [-0.4, -0.2) is 46.1 Å². The van der Waals surface area contributed by atoms with Gasteiger partial charge in [-0.25, -0.2) is 4.39 Å². The Kier molecular flexibility index (Phi) is 5.53. The number of hydrogen-bond donors (Lipinski definition) is 2. The summed E-state index contributed by atoms with van der Waals surface area (Å²) >= 11 is 0. The van der Waals surface area contributed by atoms with Crippen LogP contribution in [0, 0.1) is 34.5 Å². The molecule has 176 valence electrons. The first kappa shape index (κ1) is 23.3. The summed E-state index contributed by atoms with van der Waals surface area (Å²) in [6.45, 7) is 6.57. The van der Waals surface area contributed by atoms with Crippen molar-refractivity contribution in [2.24, 2.45) is 34.5 Å². The molecule has 2 N–H and O–H groups in total. The Morgan fingerprint density at radius 1 is 1.31 bits per heavy atom. The average molecular weight is 449 g/mol. The van der Waals surface area contributed by atoms with Crippen LogP contribution in [0.3, 0.4) is 0 Å². The summed E-state index contributed by atoms with van der Waals surface area (Å²) in [5.41, 5.74) is -2.69. The van der Waals surface area contributed by atoms with E-state index in [0.29, 0.717) is 24.8 Å². The molecule has 0 aromatic rings. The van der Waals surface area contributed by atoms with Gasteiger partial charge < -0.3 is 14.9 Å². The molecule has 0 bridgehead atoms. The maximum absolute atomic E-state index is 14.8. The van der Waals surface area contributed by atoms with Crippen molar-refractivity contribution in [2.75, 3.05) is 6.61 Å². The van der Waals surface area contributed by atoms with Crippen LogP contribution in [0.2, 0.25) is 0 Å². The van der Waals surface area contributed by atoms with Gasteiger partial charge >= 0.3 is 5.97 Å². The number of Topliss-reactive ketones (excluding diaryl/α,β-unsaturated/α-hetero) is 1. The fraction of sp³-hybridized carbons (Fsp3) is 0.720. The number of hydrogen-bond acceptors (Lipinski definition) is 6. The second kappa shape index (κ2) is 7.59. The number of aliphatic hydroxyl groups excluding tert-OH is 2. The number of aliphatic hydroxyl groups is 2. The van der Waals surface area contributed by atoms with Crippen molar-refractivity contribution in [3.8, 4) is 0 Å². The highest BCUT2D eigenvalue weighted by atomic mass is 19.1. The number of halogens is 1. The first-order valence-corrected chi connectivity index (χ1v) is 11.6. The van der Waals surface area contributed by atoms with Crippen molar-refractivity contribution in [3.05, 3.63) is 23.6 Å². The maximum atomic E-state index is 14.8. The monoisotopic (exact) mass is 448 g/mol. The van der Waals surface area contributed by atoms with Gasteiger partial charge in [0.2, 0.25) is 11.6 Å². The molecule has 7 heteroatoms. The third-order valence-corrected chi connectivity index (χ3v) is 9.25. The van der Waals surface area contributed by atoms with Gasteiger partial charge in [-0.3, -0.25) is 14.4 Å². The zero-order chi connectivity index (χ0) is 23.6. The van der Waals surface area contributed by atoms with Gasteiger partial charge in [-0.15, -0.1) is 0 Å². The average Bonchev–Trinajstić information content (AvgIpc) is 2.97.